The molecule has 0 atom stereocenters. The lowest BCUT2D eigenvalue weighted by atomic mass is 9.96. The first kappa shape index (κ1) is 22.2. The van der Waals surface area contributed by atoms with Crippen LogP contribution in [0.5, 0.6) is 5.75 Å². The van der Waals surface area contributed by atoms with Gasteiger partial charge < -0.3 is 15.4 Å². The molecule has 0 unspecified atom stereocenters. The summed E-state index contributed by atoms with van der Waals surface area (Å²) in [6.45, 7) is 3.48. The molecule has 1 saturated heterocycles. The van der Waals surface area contributed by atoms with Gasteiger partial charge in [-0.25, -0.2) is 0 Å². The number of hydrogen-bond donors (Lipinski definition) is 2. The molecule has 2 amide bonds. The van der Waals surface area contributed by atoms with E-state index < -0.39 is 11.8 Å². The summed E-state index contributed by atoms with van der Waals surface area (Å²) in [6, 6.07) is 15.5. The molecule has 2 aromatic carbocycles. The number of anilines is 1. The zero-order valence-corrected chi connectivity index (χ0v) is 18.3. The van der Waals surface area contributed by atoms with Crippen LogP contribution in [-0.4, -0.2) is 49.7 Å². The molecule has 1 fully saturated rings. The Hall–Kier alpha value is -2.51. The molecule has 1 aliphatic rings. The summed E-state index contributed by atoms with van der Waals surface area (Å²) in [4.78, 5) is 28.1. The third-order valence-electron chi connectivity index (χ3n) is 5.38. The van der Waals surface area contributed by atoms with Crippen LogP contribution in [0.1, 0.15) is 18.4 Å². The van der Waals surface area contributed by atoms with E-state index in [4.69, 9.17) is 4.74 Å². The van der Waals surface area contributed by atoms with Crippen molar-refractivity contribution in [2.45, 2.75) is 24.3 Å². The maximum absolute atomic E-state index is 12.2. The molecule has 0 radical (unpaired) electrons. The monoisotopic (exact) mass is 427 g/mol. The van der Waals surface area contributed by atoms with E-state index in [1.807, 2.05) is 0 Å². The number of nitrogens with zero attached hydrogens (tertiary/aromatic N) is 1. The summed E-state index contributed by atoms with van der Waals surface area (Å²) in [5.41, 5.74) is 1.90. The molecule has 0 bridgehead atoms. The molecule has 3 rings (SSSR count). The Morgan fingerprint density at radius 2 is 1.87 bits per heavy atom. The van der Waals surface area contributed by atoms with Crippen LogP contribution >= 0.6 is 11.8 Å². The molecule has 0 spiro atoms. The topological polar surface area (TPSA) is 70.7 Å². The Kier molecular flexibility index (Phi) is 8.16. The highest BCUT2D eigenvalue weighted by Crippen LogP contribution is 2.24. The van der Waals surface area contributed by atoms with Crippen LogP contribution in [-0.2, 0) is 16.1 Å². The van der Waals surface area contributed by atoms with Gasteiger partial charge in [0.15, 0.2) is 0 Å². The van der Waals surface area contributed by atoms with Crippen molar-refractivity contribution in [3.8, 4) is 5.75 Å². The van der Waals surface area contributed by atoms with Crippen LogP contribution in [0.3, 0.4) is 0 Å². The fraction of sp³-hybridized carbons (Fsp3) is 0.391. The first-order valence-corrected chi connectivity index (χ1v) is 11.4. The predicted octanol–water partition coefficient (Wildman–Crippen LogP) is 3.38. The van der Waals surface area contributed by atoms with Crippen LogP contribution in [0.4, 0.5) is 5.69 Å². The zero-order valence-electron chi connectivity index (χ0n) is 17.5. The lowest BCUT2D eigenvalue weighted by molar-refractivity contribution is -0.136. The second-order valence-electron chi connectivity index (χ2n) is 7.43. The molecular weight excluding hydrogens is 398 g/mol. The number of piperidine rings is 1. The predicted molar refractivity (Wildman–Crippen MR) is 121 cm³/mol. The number of amides is 2. The van der Waals surface area contributed by atoms with E-state index in [2.05, 4.69) is 46.1 Å². The second kappa shape index (κ2) is 11.0. The van der Waals surface area contributed by atoms with Crippen LogP contribution in [0.25, 0.3) is 0 Å². The largest absolute Gasteiger partial charge is 0.497 e. The van der Waals surface area contributed by atoms with E-state index in [0.29, 0.717) is 23.9 Å². The van der Waals surface area contributed by atoms with Gasteiger partial charge in [-0.15, -0.1) is 11.8 Å². The fourth-order valence-corrected chi connectivity index (χ4v) is 4.24. The molecule has 7 heteroatoms. The first-order chi connectivity index (χ1) is 14.6. The van der Waals surface area contributed by atoms with Crippen molar-refractivity contribution in [3.63, 3.8) is 0 Å². The number of likely N-dealkylation sites (tertiary alicyclic amines) is 1. The molecule has 160 valence electrons. The van der Waals surface area contributed by atoms with Gasteiger partial charge in [0.2, 0.25) is 0 Å². The highest BCUT2D eigenvalue weighted by molar-refractivity contribution is 7.98. The number of methoxy groups -OCH3 is 1. The zero-order chi connectivity index (χ0) is 21.3. The van der Waals surface area contributed by atoms with Crippen LogP contribution in [0, 0.1) is 5.92 Å². The van der Waals surface area contributed by atoms with Gasteiger partial charge >= 0.3 is 11.8 Å². The minimum absolute atomic E-state index is 0.394. The van der Waals surface area contributed by atoms with E-state index in [9.17, 15) is 9.59 Å². The van der Waals surface area contributed by atoms with Crippen LogP contribution in [0.15, 0.2) is 53.4 Å². The van der Waals surface area contributed by atoms with Gasteiger partial charge in [0.05, 0.1) is 7.11 Å². The lowest BCUT2D eigenvalue weighted by Crippen LogP contribution is -2.41. The second-order valence-corrected chi connectivity index (χ2v) is 8.28. The number of carbonyl (C=O) groups excluding carboxylic acids is 2. The number of carbonyl (C=O) groups is 2. The highest BCUT2D eigenvalue weighted by Gasteiger charge is 2.22. The fourth-order valence-electron chi connectivity index (χ4n) is 3.63. The summed E-state index contributed by atoms with van der Waals surface area (Å²) in [5.74, 6) is -0.241. The minimum Gasteiger partial charge on any atom is -0.497 e. The summed E-state index contributed by atoms with van der Waals surface area (Å²) in [5, 5.41) is 5.39. The van der Waals surface area contributed by atoms with Crippen molar-refractivity contribution in [2.24, 2.45) is 5.92 Å². The van der Waals surface area contributed by atoms with Crippen LogP contribution in [0.2, 0.25) is 0 Å². The number of benzene rings is 2. The van der Waals surface area contributed by atoms with E-state index in [-0.39, 0.29) is 0 Å². The van der Waals surface area contributed by atoms with E-state index >= 15 is 0 Å². The molecule has 1 heterocycles. The molecule has 0 aliphatic carbocycles. The Morgan fingerprint density at radius 3 is 2.60 bits per heavy atom. The van der Waals surface area contributed by atoms with E-state index in [1.165, 1.54) is 10.5 Å². The maximum atomic E-state index is 12.2. The number of rotatable bonds is 7. The molecule has 6 nitrogen and oxygen atoms in total. The molecule has 2 N–H and O–H groups in total. The lowest BCUT2D eigenvalue weighted by Gasteiger charge is -2.32. The molecule has 2 aromatic rings. The third kappa shape index (κ3) is 6.24. The highest BCUT2D eigenvalue weighted by atomic mass is 32.2. The van der Waals surface area contributed by atoms with E-state index in [1.54, 1.807) is 43.1 Å². The number of hydrogen-bond acceptors (Lipinski definition) is 5. The van der Waals surface area contributed by atoms with Gasteiger partial charge in [-0.2, -0.15) is 0 Å². The van der Waals surface area contributed by atoms with Crippen molar-refractivity contribution in [1.82, 2.24) is 10.2 Å². The number of nitrogens with one attached hydrogen (secondary N) is 2. The Bertz CT molecular complexity index is 866. The quantitative estimate of drug-likeness (QED) is 0.524. The van der Waals surface area contributed by atoms with Gasteiger partial charge in [0.1, 0.15) is 5.75 Å². The number of thioether (sulfide) groups is 1. The summed E-state index contributed by atoms with van der Waals surface area (Å²) < 4.78 is 5.13. The first-order valence-electron chi connectivity index (χ1n) is 10.2. The smallest absolute Gasteiger partial charge is 0.313 e. The van der Waals surface area contributed by atoms with Gasteiger partial charge in [-0.3, -0.25) is 14.5 Å². The van der Waals surface area contributed by atoms with Crippen molar-refractivity contribution < 1.29 is 14.3 Å². The molecule has 0 saturated carbocycles. The molecule has 1 aliphatic heterocycles. The summed E-state index contributed by atoms with van der Waals surface area (Å²) in [6.07, 6.45) is 4.14. The standard InChI is InChI=1S/C23H29N3O3S/c1-29-20-8-5-7-19(14-20)25-23(28)22(27)24-15-17-10-12-26(13-11-17)16-18-6-3-4-9-21(18)30-2/h3-9,14,17H,10-13,15-16H2,1-2H3,(H,24,27)(H,25,28). The maximum Gasteiger partial charge on any atom is 0.313 e. The van der Waals surface area contributed by atoms with Crippen molar-refractivity contribution in [1.29, 1.82) is 0 Å². The Morgan fingerprint density at radius 1 is 1.10 bits per heavy atom. The van der Waals surface area contributed by atoms with Gasteiger partial charge in [-0.05, 0) is 61.9 Å². The summed E-state index contributed by atoms with van der Waals surface area (Å²) in [7, 11) is 1.56. The Balaban J connectivity index is 1.40. The third-order valence-corrected chi connectivity index (χ3v) is 6.22. The molecular formula is C23H29N3O3S. The Labute approximate surface area is 182 Å². The summed E-state index contributed by atoms with van der Waals surface area (Å²) >= 11 is 1.78. The number of ether oxygens (including phenoxy) is 1. The van der Waals surface area contributed by atoms with E-state index in [0.717, 1.165) is 32.5 Å². The normalized spacial score (nSPS) is 14.9. The van der Waals surface area contributed by atoms with Gasteiger partial charge in [-0.1, -0.05) is 24.3 Å². The average Bonchev–Trinajstić information content (AvgIpc) is 2.78. The van der Waals surface area contributed by atoms with Crippen molar-refractivity contribution >= 4 is 29.3 Å². The van der Waals surface area contributed by atoms with Crippen molar-refractivity contribution in [2.75, 3.05) is 38.3 Å². The molecule has 30 heavy (non-hydrogen) atoms. The minimum atomic E-state index is -0.658. The van der Waals surface area contributed by atoms with Crippen LogP contribution < -0.4 is 15.4 Å². The van der Waals surface area contributed by atoms with Crippen molar-refractivity contribution in [3.05, 3.63) is 54.1 Å². The average molecular weight is 428 g/mol. The van der Waals surface area contributed by atoms with Gasteiger partial charge in [0.25, 0.3) is 0 Å². The molecule has 0 aromatic heterocycles. The SMILES string of the molecule is COc1cccc(NC(=O)C(=O)NCC2CCN(Cc3ccccc3SC)CC2)c1. The van der Waals surface area contributed by atoms with Gasteiger partial charge in [0, 0.05) is 29.7 Å².